The van der Waals surface area contributed by atoms with Crippen LogP contribution in [-0.4, -0.2) is 34.9 Å². The first-order valence-corrected chi connectivity index (χ1v) is 12.2. The van der Waals surface area contributed by atoms with Gasteiger partial charge in [0.25, 0.3) is 5.91 Å². The van der Waals surface area contributed by atoms with Crippen LogP contribution in [0.4, 0.5) is 5.69 Å². The molecule has 35 heavy (non-hydrogen) atoms. The number of benzene rings is 3. The van der Waals surface area contributed by atoms with Gasteiger partial charge < -0.3 is 5.32 Å². The van der Waals surface area contributed by atoms with Crippen LogP contribution in [-0.2, 0) is 23.1 Å². The molecule has 0 radical (unpaired) electrons. The molecule has 0 aliphatic rings. The highest BCUT2D eigenvalue weighted by atomic mass is 32.2. The Labute approximate surface area is 202 Å². The molecule has 0 unspecified atom stereocenters. The van der Waals surface area contributed by atoms with E-state index in [1.807, 2.05) is 24.3 Å². The summed E-state index contributed by atoms with van der Waals surface area (Å²) in [5.74, 6) is -0.418. The van der Waals surface area contributed by atoms with E-state index >= 15 is 0 Å². The van der Waals surface area contributed by atoms with E-state index in [2.05, 4.69) is 20.1 Å². The summed E-state index contributed by atoms with van der Waals surface area (Å²) in [5, 5.41) is 7.01. The van der Waals surface area contributed by atoms with Gasteiger partial charge in [-0.1, -0.05) is 42.5 Å². The predicted molar refractivity (Wildman–Crippen MR) is 130 cm³/mol. The largest absolute Gasteiger partial charge is 0.322 e. The van der Waals surface area contributed by atoms with E-state index in [9.17, 15) is 18.0 Å². The van der Waals surface area contributed by atoms with Crippen LogP contribution in [0.1, 0.15) is 38.8 Å². The minimum Gasteiger partial charge on any atom is -0.322 e. The summed E-state index contributed by atoms with van der Waals surface area (Å²) < 4.78 is 29.3. The molecule has 10 heteroatoms. The molecule has 178 valence electrons. The third-order valence-electron chi connectivity index (χ3n) is 5.32. The molecule has 4 aromatic rings. The molecule has 0 fully saturated rings. The first-order chi connectivity index (χ1) is 16.8. The van der Waals surface area contributed by atoms with Gasteiger partial charge >= 0.3 is 0 Å². The number of nitrogens with zero attached hydrogens (tertiary/aromatic N) is 3. The molecule has 2 N–H and O–H groups in total. The second kappa shape index (κ2) is 10.4. The van der Waals surface area contributed by atoms with Crippen LogP contribution in [0.3, 0.4) is 0 Å². The lowest BCUT2D eigenvalue weighted by molar-refractivity contribution is 0.101. The maximum atomic E-state index is 12.8. The van der Waals surface area contributed by atoms with Crippen LogP contribution in [0, 0.1) is 0 Å². The average Bonchev–Trinajstić information content (AvgIpc) is 3.37. The number of hydrogen-bond acceptors (Lipinski definition) is 6. The molecule has 1 aromatic heterocycles. The number of anilines is 1. The van der Waals surface area contributed by atoms with Crippen molar-refractivity contribution in [2.24, 2.45) is 0 Å². The third kappa shape index (κ3) is 6.05. The predicted octanol–water partition coefficient (Wildman–Crippen LogP) is 3.26. The summed E-state index contributed by atoms with van der Waals surface area (Å²) in [6.07, 6.45) is 3.06. The minimum atomic E-state index is -3.75. The lowest BCUT2D eigenvalue weighted by Crippen LogP contribution is -2.23. The van der Waals surface area contributed by atoms with Crippen molar-refractivity contribution in [1.82, 2.24) is 19.5 Å². The van der Waals surface area contributed by atoms with Gasteiger partial charge in [0.05, 0.1) is 11.4 Å². The first kappa shape index (κ1) is 24.0. The fraction of sp³-hybridized carbons (Fsp3) is 0.120. The van der Waals surface area contributed by atoms with Gasteiger partial charge in [-0.05, 0) is 48.4 Å². The second-order valence-electron chi connectivity index (χ2n) is 7.81. The molecule has 0 bridgehead atoms. The van der Waals surface area contributed by atoms with Gasteiger partial charge in [0.2, 0.25) is 10.0 Å². The van der Waals surface area contributed by atoms with Gasteiger partial charge in [-0.3, -0.25) is 9.59 Å². The van der Waals surface area contributed by atoms with Crippen molar-refractivity contribution in [2.75, 3.05) is 5.32 Å². The molecular formula is C25H23N5O4S. The van der Waals surface area contributed by atoms with Crippen LogP contribution < -0.4 is 10.0 Å². The van der Waals surface area contributed by atoms with Crippen molar-refractivity contribution in [3.05, 3.63) is 108 Å². The summed E-state index contributed by atoms with van der Waals surface area (Å²) in [6, 6.07) is 19.9. The molecule has 0 aliphatic heterocycles. The fourth-order valence-corrected chi connectivity index (χ4v) is 4.39. The maximum Gasteiger partial charge on any atom is 0.255 e. The van der Waals surface area contributed by atoms with Gasteiger partial charge in [0.15, 0.2) is 5.78 Å². The number of ketones is 1. The van der Waals surface area contributed by atoms with E-state index in [0.29, 0.717) is 28.9 Å². The Kier molecular flexibility index (Phi) is 7.14. The normalized spacial score (nSPS) is 11.2. The maximum absolute atomic E-state index is 12.8. The van der Waals surface area contributed by atoms with Crippen molar-refractivity contribution in [3.8, 4) is 0 Å². The van der Waals surface area contributed by atoms with Crippen molar-refractivity contribution >= 4 is 27.4 Å². The highest BCUT2D eigenvalue weighted by Gasteiger charge is 2.15. The lowest BCUT2D eigenvalue weighted by Gasteiger charge is -2.12. The second-order valence-corrected chi connectivity index (χ2v) is 9.57. The molecule has 0 atom stereocenters. The van der Waals surface area contributed by atoms with Crippen molar-refractivity contribution in [3.63, 3.8) is 0 Å². The molecule has 4 rings (SSSR count). The molecule has 0 spiro atoms. The molecule has 0 saturated carbocycles. The number of para-hydroxylation sites is 1. The Balaban J connectivity index is 1.38. The first-order valence-electron chi connectivity index (χ1n) is 10.7. The Morgan fingerprint density at radius 3 is 2.26 bits per heavy atom. The highest BCUT2D eigenvalue weighted by molar-refractivity contribution is 7.89. The molecule has 0 aliphatic carbocycles. The smallest absolute Gasteiger partial charge is 0.255 e. The number of Topliss-reactive ketones (excluding diaryl/α,β-unsaturated/α-hetero) is 1. The number of rotatable bonds is 9. The monoisotopic (exact) mass is 489 g/mol. The average molecular weight is 490 g/mol. The lowest BCUT2D eigenvalue weighted by atomic mass is 10.1. The number of hydrogen-bond donors (Lipinski definition) is 2. The van der Waals surface area contributed by atoms with Crippen molar-refractivity contribution < 1.29 is 18.0 Å². The summed E-state index contributed by atoms with van der Waals surface area (Å²) >= 11 is 0. The van der Waals surface area contributed by atoms with E-state index in [1.54, 1.807) is 35.3 Å². The molecule has 0 saturated heterocycles. The molecular weight excluding hydrogens is 466 g/mol. The van der Waals surface area contributed by atoms with Gasteiger partial charge in [0.1, 0.15) is 12.7 Å². The zero-order valence-corrected chi connectivity index (χ0v) is 19.7. The summed E-state index contributed by atoms with van der Waals surface area (Å²) in [4.78, 5) is 28.2. The topological polar surface area (TPSA) is 123 Å². The van der Waals surface area contributed by atoms with Gasteiger partial charge in [-0.15, -0.1) is 0 Å². The van der Waals surface area contributed by atoms with E-state index < -0.39 is 10.0 Å². The molecule has 9 nitrogen and oxygen atoms in total. The van der Waals surface area contributed by atoms with E-state index in [0.717, 1.165) is 5.56 Å². The molecule has 1 amide bonds. The highest BCUT2D eigenvalue weighted by Crippen LogP contribution is 2.18. The summed E-state index contributed by atoms with van der Waals surface area (Å²) in [7, 11) is -3.75. The van der Waals surface area contributed by atoms with E-state index in [-0.39, 0.29) is 23.1 Å². The van der Waals surface area contributed by atoms with Crippen LogP contribution >= 0.6 is 0 Å². The number of sulfonamides is 1. The van der Waals surface area contributed by atoms with Crippen LogP contribution in [0.2, 0.25) is 0 Å². The SMILES string of the molecule is CC(=O)c1ccc(S(=O)(=O)NCc2ccc(C(=O)Nc3ccccc3Cn3cncn3)cc2)cc1. The van der Waals surface area contributed by atoms with Crippen molar-refractivity contribution in [2.45, 2.75) is 24.9 Å². The zero-order chi connectivity index (χ0) is 24.8. The zero-order valence-electron chi connectivity index (χ0n) is 18.9. The Morgan fingerprint density at radius 2 is 1.60 bits per heavy atom. The standard InChI is InChI=1S/C25H23N5O4S/c1-18(31)20-10-12-23(13-11-20)35(33,34)28-14-19-6-8-21(9-7-19)25(32)29-24-5-3-2-4-22(24)15-30-17-26-16-27-30/h2-13,16-17,28H,14-15H2,1H3,(H,29,32). The Hall–Kier alpha value is -4.15. The molecule has 3 aromatic carbocycles. The number of carbonyl (C=O) groups is 2. The van der Waals surface area contributed by atoms with Gasteiger partial charge in [-0.25, -0.2) is 22.8 Å². The summed E-state index contributed by atoms with van der Waals surface area (Å²) in [5.41, 5.74) is 3.12. The number of nitrogens with one attached hydrogen (secondary N) is 2. The van der Waals surface area contributed by atoms with Gasteiger partial charge in [0, 0.05) is 23.4 Å². The molecule has 1 heterocycles. The fourth-order valence-electron chi connectivity index (χ4n) is 3.37. The van der Waals surface area contributed by atoms with Crippen LogP contribution in [0.15, 0.2) is 90.3 Å². The van der Waals surface area contributed by atoms with Crippen molar-refractivity contribution in [1.29, 1.82) is 0 Å². The third-order valence-corrected chi connectivity index (χ3v) is 6.74. The van der Waals surface area contributed by atoms with Crippen LogP contribution in [0.25, 0.3) is 0 Å². The van der Waals surface area contributed by atoms with E-state index in [4.69, 9.17) is 0 Å². The van der Waals surface area contributed by atoms with Crippen LogP contribution in [0.5, 0.6) is 0 Å². The quantitative estimate of drug-likeness (QED) is 0.348. The Bertz CT molecular complexity index is 1430. The number of amides is 1. The summed E-state index contributed by atoms with van der Waals surface area (Å²) in [6.45, 7) is 1.94. The number of aromatic nitrogens is 3. The Morgan fingerprint density at radius 1 is 0.914 bits per heavy atom. The van der Waals surface area contributed by atoms with Gasteiger partial charge in [-0.2, -0.15) is 5.10 Å². The van der Waals surface area contributed by atoms with E-state index in [1.165, 1.54) is 37.5 Å². The minimum absolute atomic E-state index is 0.0550. The number of carbonyl (C=O) groups excluding carboxylic acids is 2.